The zero-order valence-electron chi connectivity index (χ0n) is 15.6. The fraction of sp³-hybridized carbons (Fsp3) is 0.300. The lowest BCUT2D eigenvalue weighted by molar-refractivity contribution is 0.466. The van der Waals surface area contributed by atoms with E-state index in [0.29, 0.717) is 28.2 Å². The molecule has 1 aliphatic rings. The molecule has 0 saturated carbocycles. The highest BCUT2D eigenvalue weighted by Crippen LogP contribution is 2.37. The molecule has 0 spiro atoms. The van der Waals surface area contributed by atoms with E-state index in [1.54, 1.807) is 17.5 Å². The van der Waals surface area contributed by atoms with E-state index in [9.17, 15) is 4.79 Å². The van der Waals surface area contributed by atoms with E-state index in [-0.39, 0.29) is 5.56 Å². The van der Waals surface area contributed by atoms with Crippen LogP contribution in [0.3, 0.4) is 0 Å². The van der Waals surface area contributed by atoms with Crippen LogP contribution in [0.15, 0.2) is 49.4 Å². The molecular formula is C20H17BrN4O2S2. The molecule has 0 unspecified atom stereocenters. The minimum absolute atomic E-state index is 0.114. The van der Waals surface area contributed by atoms with Crippen LogP contribution in [-0.2, 0) is 18.6 Å². The second-order valence-corrected chi connectivity index (χ2v) is 10.2. The van der Waals surface area contributed by atoms with Gasteiger partial charge < -0.3 is 4.42 Å². The molecule has 148 valence electrons. The molecule has 5 rings (SSSR count). The van der Waals surface area contributed by atoms with Gasteiger partial charge in [0.05, 0.1) is 10.6 Å². The van der Waals surface area contributed by atoms with Crippen molar-refractivity contribution < 1.29 is 4.42 Å². The summed E-state index contributed by atoms with van der Waals surface area (Å²) in [7, 11) is 0. The van der Waals surface area contributed by atoms with Crippen molar-refractivity contribution in [1.29, 1.82) is 0 Å². The highest BCUT2D eigenvalue weighted by molar-refractivity contribution is 9.10. The normalized spacial score (nSPS) is 16.3. The molecule has 0 amide bonds. The van der Waals surface area contributed by atoms with E-state index < -0.39 is 0 Å². The summed E-state index contributed by atoms with van der Waals surface area (Å²) in [4.78, 5) is 19.3. The van der Waals surface area contributed by atoms with Gasteiger partial charge in [-0.05, 0) is 64.9 Å². The van der Waals surface area contributed by atoms with Crippen LogP contribution >= 0.6 is 39.0 Å². The van der Waals surface area contributed by atoms with Gasteiger partial charge in [0.2, 0.25) is 0 Å². The number of pyridine rings is 1. The summed E-state index contributed by atoms with van der Waals surface area (Å²) < 4.78 is 8.21. The molecule has 4 heterocycles. The first-order valence-corrected chi connectivity index (χ1v) is 11.9. The first-order chi connectivity index (χ1) is 14.0. The van der Waals surface area contributed by atoms with Crippen molar-refractivity contribution in [3.63, 3.8) is 0 Å². The van der Waals surface area contributed by atoms with Crippen molar-refractivity contribution in [2.45, 2.75) is 37.2 Å². The molecule has 0 N–H and O–H groups in total. The summed E-state index contributed by atoms with van der Waals surface area (Å²) in [5, 5.41) is 8.86. The number of nitrogens with zero attached hydrogens (tertiary/aromatic N) is 4. The van der Waals surface area contributed by atoms with Crippen molar-refractivity contribution in [2.75, 3.05) is 0 Å². The van der Waals surface area contributed by atoms with E-state index in [4.69, 9.17) is 4.42 Å². The Kier molecular flexibility index (Phi) is 5.05. The minimum Gasteiger partial charge on any atom is -0.410 e. The maximum Gasteiger partial charge on any atom is 0.277 e. The number of fused-ring (bicyclic) bond motifs is 2. The molecule has 29 heavy (non-hydrogen) atoms. The number of halogens is 1. The fourth-order valence-electron chi connectivity index (χ4n) is 3.51. The standard InChI is InChI=1S/C20H17BrN4O2S2/c1-11-2-4-15-12(6-11)7-16(29-15)19-23-24-20(27-19)28-10-14-8-18(26)25-9-13(21)3-5-17(25)22-14/h3,5,7-9,11H,2,4,6,10H2,1H3/t11-/m0/s1. The number of hydrogen-bond donors (Lipinski definition) is 0. The van der Waals surface area contributed by atoms with Gasteiger partial charge in [-0.1, -0.05) is 18.7 Å². The Labute approximate surface area is 183 Å². The van der Waals surface area contributed by atoms with Crippen molar-refractivity contribution in [3.05, 3.63) is 61.4 Å². The van der Waals surface area contributed by atoms with Crippen LogP contribution in [0.5, 0.6) is 0 Å². The summed E-state index contributed by atoms with van der Waals surface area (Å²) in [6.45, 7) is 2.30. The summed E-state index contributed by atoms with van der Waals surface area (Å²) in [5.41, 5.74) is 2.60. The monoisotopic (exact) mass is 488 g/mol. The van der Waals surface area contributed by atoms with Crippen molar-refractivity contribution in [3.8, 4) is 10.8 Å². The van der Waals surface area contributed by atoms with Gasteiger partial charge in [-0.15, -0.1) is 21.5 Å². The second-order valence-electron chi connectivity index (χ2n) is 7.23. The third-order valence-electron chi connectivity index (χ3n) is 4.97. The van der Waals surface area contributed by atoms with Crippen LogP contribution in [0.1, 0.15) is 29.5 Å². The smallest absolute Gasteiger partial charge is 0.277 e. The van der Waals surface area contributed by atoms with E-state index in [2.05, 4.69) is 44.1 Å². The highest BCUT2D eigenvalue weighted by Gasteiger charge is 2.21. The number of aryl methyl sites for hydroxylation is 1. The van der Waals surface area contributed by atoms with E-state index >= 15 is 0 Å². The molecule has 1 aliphatic carbocycles. The topological polar surface area (TPSA) is 73.3 Å². The number of hydrogen-bond acceptors (Lipinski definition) is 7. The molecule has 0 fully saturated rings. The van der Waals surface area contributed by atoms with Gasteiger partial charge in [0, 0.05) is 27.4 Å². The zero-order valence-corrected chi connectivity index (χ0v) is 18.8. The molecule has 9 heteroatoms. The van der Waals surface area contributed by atoms with E-state index in [1.165, 1.54) is 39.1 Å². The van der Waals surface area contributed by atoms with Gasteiger partial charge >= 0.3 is 0 Å². The Bertz CT molecular complexity index is 1260. The molecule has 4 aromatic rings. The zero-order chi connectivity index (χ0) is 20.0. The average molecular weight is 489 g/mol. The van der Waals surface area contributed by atoms with Crippen molar-refractivity contribution in [2.24, 2.45) is 5.92 Å². The lowest BCUT2D eigenvalue weighted by Crippen LogP contribution is -2.15. The maximum atomic E-state index is 12.3. The van der Waals surface area contributed by atoms with Crippen LogP contribution in [0.4, 0.5) is 0 Å². The number of thioether (sulfide) groups is 1. The fourth-order valence-corrected chi connectivity index (χ4v) is 5.64. The van der Waals surface area contributed by atoms with Crippen LogP contribution in [0.2, 0.25) is 0 Å². The molecular weight excluding hydrogens is 472 g/mol. The van der Waals surface area contributed by atoms with Gasteiger partial charge in [-0.2, -0.15) is 0 Å². The first kappa shape index (κ1) is 19.0. The molecule has 4 aromatic heterocycles. The third-order valence-corrected chi connectivity index (χ3v) is 7.51. The maximum absolute atomic E-state index is 12.3. The lowest BCUT2D eigenvalue weighted by atomic mass is 9.90. The summed E-state index contributed by atoms with van der Waals surface area (Å²) in [5.74, 6) is 1.79. The van der Waals surface area contributed by atoms with Gasteiger partial charge in [0.15, 0.2) is 0 Å². The molecule has 0 saturated heterocycles. The van der Waals surface area contributed by atoms with Crippen LogP contribution in [-0.4, -0.2) is 19.6 Å². The summed E-state index contributed by atoms with van der Waals surface area (Å²) in [6.07, 6.45) is 5.22. The number of rotatable bonds is 4. The van der Waals surface area contributed by atoms with Crippen LogP contribution in [0, 0.1) is 5.92 Å². The van der Waals surface area contributed by atoms with E-state index in [0.717, 1.165) is 28.1 Å². The van der Waals surface area contributed by atoms with Gasteiger partial charge in [-0.25, -0.2) is 4.98 Å². The predicted octanol–water partition coefficient (Wildman–Crippen LogP) is 4.99. The third kappa shape index (κ3) is 3.91. The van der Waals surface area contributed by atoms with Gasteiger partial charge in [-0.3, -0.25) is 9.20 Å². The van der Waals surface area contributed by atoms with Crippen LogP contribution < -0.4 is 5.56 Å². The van der Waals surface area contributed by atoms with Crippen molar-refractivity contribution in [1.82, 2.24) is 19.6 Å². The van der Waals surface area contributed by atoms with E-state index in [1.807, 2.05) is 12.1 Å². The average Bonchev–Trinajstić information content (AvgIpc) is 3.33. The molecule has 0 bridgehead atoms. The largest absolute Gasteiger partial charge is 0.410 e. The Balaban J connectivity index is 1.33. The van der Waals surface area contributed by atoms with Crippen LogP contribution in [0.25, 0.3) is 16.4 Å². The first-order valence-electron chi connectivity index (χ1n) is 9.31. The lowest BCUT2D eigenvalue weighted by Gasteiger charge is -2.16. The quantitative estimate of drug-likeness (QED) is 0.377. The molecule has 0 aliphatic heterocycles. The molecule has 0 aromatic carbocycles. The Morgan fingerprint density at radius 2 is 2.24 bits per heavy atom. The molecule has 6 nitrogen and oxygen atoms in total. The van der Waals surface area contributed by atoms with Crippen molar-refractivity contribution >= 4 is 44.7 Å². The minimum atomic E-state index is -0.114. The summed E-state index contributed by atoms with van der Waals surface area (Å²) in [6, 6.07) is 7.41. The Morgan fingerprint density at radius 3 is 3.14 bits per heavy atom. The number of thiophene rings is 1. The predicted molar refractivity (Wildman–Crippen MR) is 118 cm³/mol. The molecule has 0 radical (unpaired) electrons. The van der Waals surface area contributed by atoms with Gasteiger partial charge in [0.1, 0.15) is 5.65 Å². The highest BCUT2D eigenvalue weighted by atomic mass is 79.9. The SMILES string of the molecule is C[C@H]1CCc2sc(-c3nnc(SCc4cc(=O)n5cc(Br)ccc5n4)o3)cc2C1. The Hall–Kier alpha value is -1.97. The summed E-state index contributed by atoms with van der Waals surface area (Å²) >= 11 is 6.52. The second kappa shape index (κ2) is 7.70. The Morgan fingerprint density at radius 1 is 1.34 bits per heavy atom. The number of aromatic nitrogens is 4. The molecule has 1 atom stereocenters. The van der Waals surface area contributed by atoms with Gasteiger partial charge in [0.25, 0.3) is 16.7 Å².